The zero-order chi connectivity index (χ0) is 21.6. The highest BCUT2D eigenvalue weighted by Crippen LogP contribution is 2.28. The molecule has 31 heavy (non-hydrogen) atoms. The quantitative estimate of drug-likeness (QED) is 0.637. The first kappa shape index (κ1) is 21.4. The molecule has 0 radical (unpaired) electrons. The second kappa shape index (κ2) is 9.99. The molecule has 0 spiro atoms. The molecule has 2 aromatic carbocycles. The van der Waals surface area contributed by atoms with Gasteiger partial charge >= 0.3 is 0 Å². The van der Waals surface area contributed by atoms with Gasteiger partial charge in [-0.2, -0.15) is 5.26 Å². The van der Waals surface area contributed by atoms with Gasteiger partial charge in [0.15, 0.2) is 0 Å². The van der Waals surface area contributed by atoms with E-state index in [1.54, 1.807) is 11.8 Å². The molecule has 3 aromatic rings. The third-order valence-electron chi connectivity index (χ3n) is 5.68. The smallest absolute Gasteiger partial charge is 0.232 e. The molecule has 1 aliphatic rings. The highest BCUT2D eigenvalue weighted by Gasteiger charge is 2.21. The van der Waals surface area contributed by atoms with Gasteiger partial charge in [-0.15, -0.1) is 11.8 Å². The number of nitrogens with one attached hydrogen (secondary N) is 1. The lowest BCUT2D eigenvalue weighted by Crippen LogP contribution is -2.36. The van der Waals surface area contributed by atoms with Gasteiger partial charge in [0.05, 0.1) is 33.7 Å². The molecule has 1 aliphatic heterocycles. The number of aromatic amines is 1. The Balaban J connectivity index is 1.26. The number of aromatic nitrogens is 2. The van der Waals surface area contributed by atoms with Crippen LogP contribution in [0.1, 0.15) is 35.5 Å². The minimum Gasteiger partial charge on any atom is -0.341 e. The van der Waals surface area contributed by atoms with Crippen molar-refractivity contribution in [2.45, 2.75) is 25.1 Å². The van der Waals surface area contributed by atoms with Gasteiger partial charge in [0.25, 0.3) is 0 Å². The van der Waals surface area contributed by atoms with Crippen LogP contribution in [0.5, 0.6) is 0 Å². The number of amides is 1. The Morgan fingerprint density at radius 2 is 1.97 bits per heavy atom. The molecule has 0 bridgehead atoms. The number of thioether (sulfide) groups is 1. The van der Waals surface area contributed by atoms with Crippen molar-refractivity contribution in [3.05, 3.63) is 65.5 Å². The van der Waals surface area contributed by atoms with E-state index in [1.807, 2.05) is 53.4 Å². The van der Waals surface area contributed by atoms with E-state index >= 15 is 0 Å². The average Bonchev–Trinajstić information content (AvgIpc) is 3.10. The van der Waals surface area contributed by atoms with Crippen molar-refractivity contribution in [2.24, 2.45) is 0 Å². The van der Waals surface area contributed by atoms with Gasteiger partial charge in [-0.05, 0) is 43.2 Å². The number of hydrogen-bond acceptors (Lipinski definition) is 5. The summed E-state index contributed by atoms with van der Waals surface area (Å²) in [5.41, 5.74) is 3.89. The van der Waals surface area contributed by atoms with Gasteiger partial charge in [-0.1, -0.05) is 24.3 Å². The minimum absolute atomic E-state index is 0.135. The first-order valence-electron chi connectivity index (χ1n) is 10.7. The van der Waals surface area contributed by atoms with E-state index in [2.05, 4.69) is 27.9 Å². The summed E-state index contributed by atoms with van der Waals surface area (Å²) in [6.07, 6.45) is 0.978. The zero-order valence-corrected chi connectivity index (χ0v) is 18.6. The zero-order valence-electron chi connectivity index (χ0n) is 17.8. The Morgan fingerprint density at radius 1 is 1.16 bits per heavy atom. The molecule has 1 unspecified atom stereocenters. The molecule has 7 heteroatoms. The molecule has 0 saturated carbocycles. The molecule has 160 valence electrons. The maximum atomic E-state index is 12.8. The fourth-order valence-electron chi connectivity index (χ4n) is 3.85. The molecule has 1 atom stereocenters. The number of para-hydroxylation sites is 2. The Morgan fingerprint density at radius 3 is 2.74 bits per heavy atom. The summed E-state index contributed by atoms with van der Waals surface area (Å²) in [7, 11) is 0. The van der Waals surface area contributed by atoms with Crippen molar-refractivity contribution < 1.29 is 4.79 Å². The van der Waals surface area contributed by atoms with Gasteiger partial charge in [0.2, 0.25) is 5.91 Å². The molecule has 2 heterocycles. The number of nitrogens with zero attached hydrogens (tertiary/aromatic N) is 4. The number of rotatable bonds is 6. The highest BCUT2D eigenvalue weighted by atomic mass is 32.2. The molecule has 1 amide bonds. The Bertz CT molecular complexity index is 1040. The average molecular weight is 434 g/mol. The number of carbonyl (C=O) groups is 1. The minimum atomic E-state index is 0.135. The maximum Gasteiger partial charge on any atom is 0.232 e. The Hall–Kier alpha value is -2.82. The molecule has 1 aromatic heterocycles. The van der Waals surface area contributed by atoms with Crippen LogP contribution in [-0.2, 0) is 11.3 Å². The van der Waals surface area contributed by atoms with Crippen LogP contribution in [0, 0.1) is 11.3 Å². The van der Waals surface area contributed by atoms with E-state index in [0.717, 1.165) is 56.0 Å². The van der Waals surface area contributed by atoms with Crippen LogP contribution in [0.3, 0.4) is 0 Å². The van der Waals surface area contributed by atoms with Crippen molar-refractivity contribution in [3.8, 4) is 6.07 Å². The van der Waals surface area contributed by atoms with Gasteiger partial charge < -0.3 is 9.88 Å². The first-order chi connectivity index (χ1) is 15.1. The number of imidazole rings is 1. The summed E-state index contributed by atoms with van der Waals surface area (Å²) in [4.78, 5) is 25.2. The van der Waals surface area contributed by atoms with Crippen molar-refractivity contribution >= 4 is 28.7 Å². The van der Waals surface area contributed by atoms with E-state index in [-0.39, 0.29) is 11.2 Å². The van der Waals surface area contributed by atoms with Gasteiger partial charge in [0.1, 0.15) is 5.82 Å². The normalized spacial score (nSPS) is 16.1. The standard InChI is InChI=1S/C24H27N5OS/c1-18(24-26-21-5-2-3-6-22(21)27-24)31-17-23(30)29-12-4-11-28(13-14-29)16-20-9-7-19(15-25)8-10-20/h2-3,5-10,18H,4,11-14,16-17H2,1H3,(H,26,27). The van der Waals surface area contributed by atoms with Crippen LogP contribution in [0.2, 0.25) is 0 Å². The van der Waals surface area contributed by atoms with Gasteiger partial charge in [-0.3, -0.25) is 9.69 Å². The second-order valence-electron chi connectivity index (χ2n) is 7.91. The summed E-state index contributed by atoms with van der Waals surface area (Å²) >= 11 is 1.64. The first-order valence-corrected chi connectivity index (χ1v) is 11.7. The Kier molecular flexibility index (Phi) is 6.90. The number of fused-ring (bicyclic) bond motifs is 1. The van der Waals surface area contributed by atoms with Crippen molar-refractivity contribution in [2.75, 3.05) is 31.9 Å². The molecular weight excluding hydrogens is 406 g/mol. The van der Waals surface area contributed by atoms with Crippen LogP contribution in [0.25, 0.3) is 11.0 Å². The highest BCUT2D eigenvalue weighted by molar-refractivity contribution is 8.00. The SMILES string of the molecule is CC(SCC(=O)N1CCCN(Cc2ccc(C#N)cc2)CC1)c1nc2ccccc2[nH]1. The van der Waals surface area contributed by atoms with Crippen LogP contribution < -0.4 is 0 Å². The lowest BCUT2D eigenvalue weighted by molar-refractivity contribution is -0.128. The van der Waals surface area contributed by atoms with Crippen LogP contribution in [0.15, 0.2) is 48.5 Å². The molecule has 6 nitrogen and oxygen atoms in total. The van der Waals surface area contributed by atoms with E-state index in [0.29, 0.717) is 11.3 Å². The topological polar surface area (TPSA) is 76.0 Å². The van der Waals surface area contributed by atoms with Crippen LogP contribution >= 0.6 is 11.8 Å². The third kappa shape index (κ3) is 5.46. The molecule has 1 N–H and O–H groups in total. The lowest BCUT2D eigenvalue weighted by Gasteiger charge is -2.22. The Labute approximate surface area is 187 Å². The third-order valence-corrected chi connectivity index (χ3v) is 6.82. The number of nitriles is 1. The van der Waals surface area contributed by atoms with Gasteiger partial charge in [0, 0.05) is 32.7 Å². The van der Waals surface area contributed by atoms with E-state index in [9.17, 15) is 4.79 Å². The van der Waals surface area contributed by atoms with E-state index in [1.165, 1.54) is 5.56 Å². The summed E-state index contributed by atoms with van der Waals surface area (Å²) in [6.45, 7) is 6.36. The van der Waals surface area contributed by atoms with E-state index in [4.69, 9.17) is 5.26 Å². The molecule has 0 aliphatic carbocycles. The van der Waals surface area contributed by atoms with Gasteiger partial charge in [-0.25, -0.2) is 4.98 Å². The van der Waals surface area contributed by atoms with E-state index < -0.39 is 0 Å². The fourth-order valence-corrected chi connectivity index (χ4v) is 4.70. The summed E-state index contributed by atoms with van der Waals surface area (Å²) in [5, 5.41) is 9.07. The molecule has 1 saturated heterocycles. The molecular formula is C24H27N5OS. The monoisotopic (exact) mass is 433 g/mol. The largest absolute Gasteiger partial charge is 0.341 e. The summed E-state index contributed by atoms with van der Waals surface area (Å²) < 4.78 is 0. The summed E-state index contributed by atoms with van der Waals surface area (Å²) in [6, 6.07) is 17.9. The van der Waals surface area contributed by atoms with Crippen molar-refractivity contribution in [1.29, 1.82) is 5.26 Å². The predicted octanol–water partition coefficient (Wildman–Crippen LogP) is 3.96. The number of carbonyl (C=O) groups excluding carboxylic acids is 1. The second-order valence-corrected chi connectivity index (χ2v) is 9.24. The summed E-state index contributed by atoms with van der Waals surface area (Å²) in [5.74, 6) is 1.59. The molecule has 1 fully saturated rings. The van der Waals surface area contributed by atoms with Crippen LogP contribution in [0.4, 0.5) is 0 Å². The predicted molar refractivity (Wildman–Crippen MR) is 125 cm³/mol. The molecule has 4 rings (SSSR count). The van der Waals surface area contributed by atoms with Crippen molar-refractivity contribution in [1.82, 2.24) is 19.8 Å². The van der Waals surface area contributed by atoms with Crippen LogP contribution in [-0.4, -0.2) is 57.6 Å². The number of benzene rings is 2. The number of H-pyrrole nitrogens is 1. The maximum absolute atomic E-state index is 12.8. The lowest BCUT2D eigenvalue weighted by atomic mass is 10.1. The number of hydrogen-bond donors (Lipinski definition) is 1. The fraction of sp³-hybridized carbons (Fsp3) is 0.375. The van der Waals surface area contributed by atoms with Crippen molar-refractivity contribution in [3.63, 3.8) is 0 Å².